The summed E-state index contributed by atoms with van der Waals surface area (Å²) in [7, 11) is 5.69. The number of guanidine groups is 1. The van der Waals surface area contributed by atoms with E-state index in [1.54, 1.807) is 7.11 Å². The number of aromatic nitrogens is 2. The van der Waals surface area contributed by atoms with Crippen molar-refractivity contribution < 1.29 is 4.74 Å². The van der Waals surface area contributed by atoms with E-state index >= 15 is 0 Å². The van der Waals surface area contributed by atoms with E-state index in [2.05, 4.69) is 50.6 Å². The van der Waals surface area contributed by atoms with Crippen LogP contribution in [0.25, 0.3) is 5.69 Å². The molecular formula is C22H34N6O. The zero-order chi connectivity index (χ0) is 20.5. The Bertz CT molecular complexity index is 752. The fourth-order valence-corrected chi connectivity index (χ4v) is 3.77. The van der Waals surface area contributed by atoms with Gasteiger partial charge in [-0.25, -0.2) is 4.68 Å². The molecule has 0 bridgehead atoms. The third kappa shape index (κ3) is 6.30. The highest BCUT2D eigenvalue weighted by atomic mass is 16.5. The molecule has 0 radical (unpaired) electrons. The molecule has 1 saturated heterocycles. The van der Waals surface area contributed by atoms with Gasteiger partial charge in [0.25, 0.3) is 0 Å². The fraction of sp³-hybridized carbons (Fsp3) is 0.545. The average molecular weight is 399 g/mol. The van der Waals surface area contributed by atoms with Crippen LogP contribution in [0, 0.1) is 5.92 Å². The number of piperidine rings is 1. The Morgan fingerprint density at radius 1 is 1.28 bits per heavy atom. The molecule has 0 amide bonds. The van der Waals surface area contributed by atoms with Gasteiger partial charge in [0, 0.05) is 52.6 Å². The van der Waals surface area contributed by atoms with Crippen LogP contribution < -0.4 is 5.32 Å². The number of hydrogen-bond acceptors (Lipinski definition) is 4. The quantitative estimate of drug-likeness (QED) is 0.546. The van der Waals surface area contributed by atoms with Crippen LogP contribution in [0.2, 0.25) is 0 Å². The van der Waals surface area contributed by atoms with Crippen LogP contribution in [0.3, 0.4) is 0 Å². The fourth-order valence-electron chi connectivity index (χ4n) is 3.77. The average Bonchev–Trinajstić information content (AvgIpc) is 3.22. The Morgan fingerprint density at radius 2 is 2.03 bits per heavy atom. The molecule has 1 aliphatic heterocycles. The van der Waals surface area contributed by atoms with Crippen LogP contribution in [0.1, 0.15) is 18.4 Å². The molecule has 0 atom stereocenters. The molecule has 2 heterocycles. The van der Waals surface area contributed by atoms with Gasteiger partial charge in [-0.3, -0.25) is 4.99 Å². The van der Waals surface area contributed by atoms with Crippen LogP contribution in [0.15, 0.2) is 47.7 Å². The van der Waals surface area contributed by atoms with Crippen molar-refractivity contribution in [3.05, 3.63) is 48.3 Å². The Morgan fingerprint density at radius 3 is 2.72 bits per heavy atom. The zero-order valence-corrected chi connectivity index (χ0v) is 17.9. The van der Waals surface area contributed by atoms with Crippen molar-refractivity contribution in [2.24, 2.45) is 10.9 Å². The summed E-state index contributed by atoms with van der Waals surface area (Å²) in [5, 5.41) is 8.05. The van der Waals surface area contributed by atoms with Crippen molar-refractivity contribution in [1.29, 1.82) is 0 Å². The predicted octanol–water partition coefficient (Wildman–Crippen LogP) is 2.24. The summed E-state index contributed by atoms with van der Waals surface area (Å²) in [5.41, 5.74) is 2.23. The van der Waals surface area contributed by atoms with E-state index < -0.39 is 0 Å². The van der Waals surface area contributed by atoms with Crippen molar-refractivity contribution >= 4 is 5.96 Å². The van der Waals surface area contributed by atoms with Crippen LogP contribution in [0.4, 0.5) is 0 Å². The van der Waals surface area contributed by atoms with Gasteiger partial charge < -0.3 is 19.9 Å². The second kappa shape index (κ2) is 11.0. The number of aliphatic imine (C=N–C) groups is 1. The lowest BCUT2D eigenvalue weighted by Gasteiger charge is -2.32. The van der Waals surface area contributed by atoms with Crippen LogP contribution in [-0.4, -0.2) is 79.5 Å². The Balaban J connectivity index is 1.45. The van der Waals surface area contributed by atoms with Gasteiger partial charge in [-0.15, -0.1) is 0 Å². The third-order valence-electron chi connectivity index (χ3n) is 5.52. The van der Waals surface area contributed by atoms with E-state index in [1.807, 2.05) is 36.1 Å². The number of nitrogens with one attached hydrogen (secondary N) is 1. The van der Waals surface area contributed by atoms with Crippen molar-refractivity contribution in [2.45, 2.75) is 19.4 Å². The Hall–Kier alpha value is -2.38. The summed E-state index contributed by atoms with van der Waals surface area (Å²) in [6.07, 6.45) is 6.45. The van der Waals surface area contributed by atoms with Crippen molar-refractivity contribution in [1.82, 2.24) is 24.9 Å². The van der Waals surface area contributed by atoms with Gasteiger partial charge in [0.05, 0.1) is 18.5 Å². The largest absolute Gasteiger partial charge is 0.383 e. The van der Waals surface area contributed by atoms with E-state index in [4.69, 9.17) is 4.74 Å². The number of para-hydroxylation sites is 1. The van der Waals surface area contributed by atoms with E-state index in [0.29, 0.717) is 5.92 Å². The third-order valence-corrected chi connectivity index (χ3v) is 5.52. The normalized spacial score (nSPS) is 16.2. The first-order valence-electron chi connectivity index (χ1n) is 10.4. The number of nitrogens with zero attached hydrogens (tertiary/aromatic N) is 5. The molecule has 3 rings (SSSR count). The summed E-state index contributed by atoms with van der Waals surface area (Å²) in [6.45, 7) is 5.91. The number of hydrogen-bond donors (Lipinski definition) is 1. The molecule has 0 aliphatic carbocycles. The molecular weight excluding hydrogens is 364 g/mol. The van der Waals surface area contributed by atoms with E-state index in [0.717, 1.165) is 56.5 Å². The monoisotopic (exact) mass is 398 g/mol. The molecule has 7 nitrogen and oxygen atoms in total. The first-order valence-corrected chi connectivity index (χ1v) is 10.4. The van der Waals surface area contributed by atoms with Crippen molar-refractivity contribution in [3.63, 3.8) is 0 Å². The summed E-state index contributed by atoms with van der Waals surface area (Å²) in [6, 6.07) is 10.2. The highest BCUT2D eigenvalue weighted by Crippen LogP contribution is 2.16. The van der Waals surface area contributed by atoms with Gasteiger partial charge in [-0.05, 0) is 44.0 Å². The van der Waals surface area contributed by atoms with Gasteiger partial charge in [-0.1, -0.05) is 18.2 Å². The maximum Gasteiger partial charge on any atom is 0.193 e. The highest BCUT2D eigenvalue weighted by Gasteiger charge is 2.19. The summed E-state index contributed by atoms with van der Waals surface area (Å²) in [5.74, 6) is 1.62. The molecule has 0 unspecified atom stereocenters. The smallest absolute Gasteiger partial charge is 0.193 e. The lowest BCUT2D eigenvalue weighted by Crippen LogP contribution is -2.43. The summed E-state index contributed by atoms with van der Waals surface area (Å²) in [4.78, 5) is 9.11. The maximum atomic E-state index is 5.19. The molecule has 0 saturated carbocycles. The van der Waals surface area contributed by atoms with Crippen LogP contribution in [-0.2, 0) is 11.3 Å². The van der Waals surface area contributed by atoms with E-state index in [1.165, 1.54) is 12.8 Å². The first-order chi connectivity index (χ1) is 14.2. The lowest BCUT2D eigenvalue weighted by molar-refractivity contribution is 0.120. The summed E-state index contributed by atoms with van der Waals surface area (Å²) >= 11 is 0. The second-order valence-corrected chi connectivity index (χ2v) is 7.69. The van der Waals surface area contributed by atoms with Gasteiger partial charge in [0.2, 0.25) is 0 Å². The molecule has 1 aromatic carbocycles. The highest BCUT2D eigenvalue weighted by molar-refractivity contribution is 5.79. The second-order valence-electron chi connectivity index (χ2n) is 7.69. The lowest BCUT2D eigenvalue weighted by atomic mass is 9.97. The number of ether oxygens (including phenoxy) is 1. The number of rotatable bonds is 8. The van der Waals surface area contributed by atoms with Crippen molar-refractivity contribution in [3.8, 4) is 5.69 Å². The maximum absolute atomic E-state index is 5.19. The Kier molecular flexibility index (Phi) is 8.07. The molecule has 1 aliphatic rings. The van der Waals surface area contributed by atoms with Crippen LogP contribution in [0.5, 0.6) is 0 Å². The summed E-state index contributed by atoms with van der Waals surface area (Å²) < 4.78 is 7.10. The van der Waals surface area contributed by atoms with Crippen LogP contribution >= 0.6 is 0 Å². The van der Waals surface area contributed by atoms with E-state index in [9.17, 15) is 0 Å². The van der Waals surface area contributed by atoms with Gasteiger partial charge in [-0.2, -0.15) is 5.10 Å². The molecule has 1 aromatic heterocycles. The molecule has 1 N–H and O–H groups in total. The SMILES string of the molecule is CN=C(NCC1CCN(CCOC)CC1)N(C)Cc1cnn(-c2ccccc2)c1. The molecule has 7 heteroatoms. The number of likely N-dealkylation sites (tertiary alicyclic amines) is 1. The molecule has 1 fully saturated rings. The minimum absolute atomic E-state index is 0.694. The van der Waals surface area contributed by atoms with Gasteiger partial charge in [0.15, 0.2) is 5.96 Å². The van der Waals surface area contributed by atoms with Gasteiger partial charge >= 0.3 is 0 Å². The zero-order valence-electron chi connectivity index (χ0n) is 17.9. The Labute approximate surface area is 174 Å². The van der Waals surface area contributed by atoms with Crippen molar-refractivity contribution in [2.75, 3.05) is 54.0 Å². The number of benzene rings is 1. The standard InChI is InChI=1S/C22H34N6O/c1-23-22(24-15-19-9-11-27(12-10-19)13-14-29-3)26(2)17-20-16-25-28(18-20)21-7-5-4-6-8-21/h4-8,16,18-19H,9-15,17H2,1-3H3,(H,23,24). The first kappa shape index (κ1) is 21.3. The minimum Gasteiger partial charge on any atom is -0.383 e. The molecule has 29 heavy (non-hydrogen) atoms. The molecule has 2 aromatic rings. The molecule has 0 spiro atoms. The minimum atomic E-state index is 0.694. The predicted molar refractivity (Wildman–Crippen MR) is 117 cm³/mol. The van der Waals surface area contributed by atoms with E-state index in [-0.39, 0.29) is 0 Å². The van der Waals surface area contributed by atoms with Gasteiger partial charge in [0.1, 0.15) is 0 Å². The topological polar surface area (TPSA) is 57.9 Å². The number of methoxy groups -OCH3 is 1. The molecule has 158 valence electrons.